The zero-order valence-electron chi connectivity index (χ0n) is 16.2. The van der Waals surface area contributed by atoms with Gasteiger partial charge in [-0.2, -0.15) is 5.10 Å². The van der Waals surface area contributed by atoms with E-state index in [1.54, 1.807) is 5.38 Å². The molecular formula is C20H24N4O2S. The molecule has 6 nitrogen and oxygen atoms in total. The van der Waals surface area contributed by atoms with E-state index in [1.807, 2.05) is 63.7 Å². The predicted octanol–water partition coefficient (Wildman–Crippen LogP) is 4.05. The third-order valence-corrected chi connectivity index (χ3v) is 5.39. The second-order valence-electron chi connectivity index (χ2n) is 6.40. The Morgan fingerprint density at radius 2 is 2.00 bits per heavy atom. The first-order valence-electron chi connectivity index (χ1n) is 8.90. The molecule has 0 aliphatic carbocycles. The molecule has 2 aromatic heterocycles. The highest BCUT2D eigenvalue weighted by Crippen LogP contribution is 2.26. The quantitative estimate of drug-likeness (QED) is 0.696. The van der Waals surface area contributed by atoms with Gasteiger partial charge in [0.1, 0.15) is 16.5 Å². The smallest absolute Gasteiger partial charge is 0.271 e. The van der Waals surface area contributed by atoms with E-state index in [9.17, 15) is 4.79 Å². The summed E-state index contributed by atoms with van der Waals surface area (Å²) < 4.78 is 7.29. The highest BCUT2D eigenvalue weighted by molar-refractivity contribution is 7.13. The van der Waals surface area contributed by atoms with Crippen molar-refractivity contribution in [1.29, 1.82) is 0 Å². The van der Waals surface area contributed by atoms with E-state index >= 15 is 0 Å². The van der Waals surface area contributed by atoms with Crippen molar-refractivity contribution in [1.82, 2.24) is 20.1 Å². The second kappa shape index (κ2) is 7.92. The molecule has 3 aromatic rings. The van der Waals surface area contributed by atoms with Crippen LogP contribution >= 0.6 is 11.3 Å². The Hall–Kier alpha value is -2.67. The Morgan fingerprint density at radius 3 is 2.59 bits per heavy atom. The molecular weight excluding hydrogens is 360 g/mol. The fraction of sp³-hybridized carbons (Fsp3) is 0.350. The minimum Gasteiger partial charge on any atom is -0.494 e. The van der Waals surface area contributed by atoms with E-state index in [0.717, 1.165) is 33.3 Å². The molecule has 1 aromatic carbocycles. The van der Waals surface area contributed by atoms with Gasteiger partial charge in [-0.1, -0.05) is 0 Å². The number of nitrogens with zero attached hydrogens (tertiary/aromatic N) is 3. The van der Waals surface area contributed by atoms with Gasteiger partial charge in [0.05, 0.1) is 18.3 Å². The minimum atomic E-state index is -0.182. The normalized spacial score (nSPS) is 12.0. The van der Waals surface area contributed by atoms with Crippen LogP contribution in [0.3, 0.4) is 0 Å². The first-order valence-corrected chi connectivity index (χ1v) is 9.78. The molecule has 0 saturated heterocycles. The Kier molecular flexibility index (Phi) is 5.60. The number of aromatic nitrogens is 3. The maximum Gasteiger partial charge on any atom is 0.271 e. The highest BCUT2D eigenvalue weighted by atomic mass is 32.1. The Morgan fingerprint density at radius 1 is 1.30 bits per heavy atom. The monoisotopic (exact) mass is 384 g/mol. The predicted molar refractivity (Wildman–Crippen MR) is 107 cm³/mol. The summed E-state index contributed by atoms with van der Waals surface area (Å²) in [5.41, 5.74) is 4.42. The molecule has 1 amide bonds. The summed E-state index contributed by atoms with van der Waals surface area (Å²) in [6.45, 7) is 8.52. The van der Waals surface area contributed by atoms with Crippen molar-refractivity contribution in [2.45, 2.75) is 33.7 Å². The van der Waals surface area contributed by atoms with E-state index < -0.39 is 0 Å². The third-order valence-electron chi connectivity index (χ3n) is 4.49. The van der Waals surface area contributed by atoms with Gasteiger partial charge in [0.25, 0.3) is 5.91 Å². The second-order valence-corrected chi connectivity index (χ2v) is 7.26. The lowest BCUT2D eigenvalue weighted by Gasteiger charge is -2.14. The molecule has 2 heterocycles. The molecule has 0 aliphatic heterocycles. The summed E-state index contributed by atoms with van der Waals surface area (Å²) in [5.74, 6) is 0.644. The standard InChI is InChI=1S/C20H24N4O2S/c1-6-26-16-9-7-15(8-10-16)20-22-17(11-27-20)19(25)21-12(2)18-13(3)23-24(5)14(18)4/h7-12H,6H2,1-5H3,(H,21,25)/t12-/m0/s1. The van der Waals surface area contributed by atoms with Crippen molar-refractivity contribution in [2.75, 3.05) is 6.61 Å². The highest BCUT2D eigenvalue weighted by Gasteiger charge is 2.20. The number of carbonyl (C=O) groups is 1. The summed E-state index contributed by atoms with van der Waals surface area (Å²) in [5, 5.41) is 10.0. The van der Waals surface area contributed by atoms with Crippen molar-refractivity contribution >= 4 is 17.2 Å². The molecule has 1 N–H and O–H groups in total. The number of benzene rings is 1. The zero-order chi connectivity index (χ0) is 19.6. The van der Waals surface area contributed by atoms with E-state index in [-0.39, 0.29) is 11.9 Å². The number of ether oxygens (including phenoxy) is 1. The Bertz CT molecular complexity index is 944. The molecule has 1 atom stereocenters. The van der Waals surface area contributed by atoms with Crippen molar-refractivity contribution in [3.05, 3.63) is 52.3 Å². The van der Waals surface area contributed by atoms with Crippen LogP contribution in [0.5, 0.6) is 5.75 Å². The number of carbonyl (C=O) groups excluding carboxylic acids is 1. The first kappa shape index (κ1) is 19.1. The van der Waals surface area contributed by atoms with E-state index in [4.69, 9.17) is 4.74 Å². The van der Waals surface area contributed by atoms with Crippen LogP contribution in [-0.4, -0.2) is 27.3 Å². The molecule has 0 bridgehead atoms. The molecule has 0 aliphatic rings. The first-order chi connectivity index (χ1) is 12.9. The molecule has 0 fully saturated rings. The van der Waals surface area contributed by atoms with Crippen LogP contribution < -0.4 is 10.1 Å². The van der Waals surface area contributed by atoms with Gasteiger partial charge < -0.3 is 10.1 Å². The number of amides is 1. The van der Waals surface area contributed by atoms with Crippen LogP contribution in [0.15, 0.2) is 29.6 Å². The molecule has 0 spiro atoms. The fourth-order valence-electron chi connectivity index (χ4n) is 3.13. The maximum atomic E-state index is 12.6. The molecule has 0 saturated carbocycles. The molecule has 3 rings (SSSR count). The Balaban J connectivity index is 1.73. The zero-order valence-corrected chi connectivity index (χ0v) is 17.1. The SMILES string of the molecule is CCOc1ccc(-c2nc(C(=O)N[C@@H](C)c3c(C)nn(C)c3C)cs2)cc1. The van der Waals surface area contributed by atoms with E-state index in [1.165, 1.54) is 11.3 Å². The van der Waals surface area contributed by atoms with Gasteiger partial charge in [-0.3, -0.25) is 9.48 Å². The van der Waals surface area contributed by atoms with Crippen LogP contribution in [0, 0.1) is 13.8 Å². The van der Waals surface area contributed by atoms with Crippen molar-refractivity contribution in [3.63, 3.8) is 0 Å². The lowest BCUT2D eigenvalue weighted by atomic mass is 10.1. The van der Waals surface area contributed by atoms with Gasteiger partial charge in [0.15, 0.2) is 0 Å². The van der Waals surface area contributed by atoms with Crippen molar-refractivity contribution < 1.29 is 9.53 Å². The van der Waals surface area contributed by atoms with Crippen LogP contribution in [0.2, 0.25) is 0 Å². The molecule has 0 radical (unpaired) electrons. The fourth-order valence-corrected chi connectivity index (χ4v) is 3.94. The summed E-state index contributed by atoms with van der Waals surface area (Å²) in [4.78, 5) is 17.1. The average Bonchev–Trinajstić information content (AvgIpc) is 3.21. The van der Waals surface area contributed by atoms with Crippen LogP contribution in [0.4, 0.5) is 0 Å². The Labute approximate surface area is 163 Å². The number of nitrogens with one attached hydrogen (secondary N) is 1. The molecule has 7 heteroatoms. The lowest BCUT2D eigenvalue weighted by molar-refractivity contribution is 0.0935. The number of rotatable bonds is 6. The van der Waals surface area contributed by atoms with Gasteiger partial charge >= 0.3 is 0 Å². The van der Waals surface area contributed by atoms with Crippen molar-refractivity contribution in [3.8, 4) is 16.3 Å². The van der Waals surface area contributed by atoms with Gasteiger partial charge in [-0.25, -0.2) is 4.98 Å². The minimum absolute atomic E-state index is 0.137. The van der Waals surface area contributed by atoms with E-state index in [0.29, 0.717) is 12.3 Å². The number of aryl methyl sites for hydroxylation is 2. The van der Waals surface area contributed by atoms with Crippen LogP contribution in [0.25, 0.3) is 10.6 Å². The molecule has 27 heavy (non-hydrogen) atoms. The third kappa shape index (κ3) is 4.03. The lowest BCUT2D eigenvalue weighted by Crippen LogP contribution is -2.27. The number of thiazole rings is 1. The van der Waals surface area contributed by atoms with Crippen LogP contribution in [0.1, 0.15) is 47.3 Å². The van der Waals surface area contributed by atoms with Gasteiger partial charge in [0, 0.05) is 29.2 Å². The molecule has 0 unspecified atom stereocenters. The van der Waals surface area contributed by atoms with Crippen LogP contribution in [-0.2, 0) is 7.05 Å². The maximum absolute atomic E-state index is 12.6. The number of hydrogen-bond donors (Lipinski definition) is 1. The average molecular weight is 385 g/mol. The van der Waals surface area contributed by atoms with E-state index in [2.05, 4.69) is 15.4 Å². The van der Waals surface area contributed by atoms with Crippen molar-refractivity contribution in [2.24, 2.45) is 7.05 Å². The van der Waals surface area contributed by atoms with Gasteiger partial charge in [-0.05, 0) is 52.0 Å². The summed E-state index contributed by atoms with van der Waals surface area (Å²) in [7, 11) is 1.91. The number of hydrogen-bond acceptors (Lipinski definition) is 5. The topological polar surface area (TPSA) is 69.0 Å². The largest absolute Gasteiger partial charge is 0.494 e. The van der Waals surface area contributed by atoms with Gasteiger partial charge in [-0.15, -0.1) is 11.3 Å². The molecule has 142 valence electrons. The summed E-state index contributed by atoms with van der Waals surface area (Å²) in [6.07, 6.45) is 0. The summed E-state index contributed by atoms with van der Waals surface area (Å²) >= 11 is 1.45. The van der Waals surface area contributed by atoms with Gasteiger partial charge in [0.2, 0.25) is 0 Å². The summed E-state index contributed by atoms with van der Waals surface area (Å²) in [6, 6.07) is 7.60.